The van der Waals surface area contributed by atoms with Crippen LogP contribution in [0.5, 0.6) is 0 Å². The Morgan fingerprint density at radius 3 is 2.83 bits per heavy atom. The lowest BCUT2D eigenvalue weighted by atomic mass is 9.80. The number of hydrogen-bond donors (Lipinski definition) is 2. The van der Waals surface area contributed by atoms with E-state index in [1.807, 2.05) is 18.2 Å². The van der Waals surface area contributed by atoms with Gasteiger partial charge in [0.25, 0.3) is 0 Å². The third-order valence-electron chi connectivity index (χ3n) is 4.25. The van der Waals surface area contributed by atoms with E-state index >= 15 is 0 Å². The summed E-state index contributed by atoms with van der Waals surface area (Å²) in [5, 5.41) is 12.9. The maximum Gasteiger partial charge on any atom is 0.325 e. The van der Waals surface area contributed by atoms with Crippen LogP contribution in [0.3, 0.4) is 0 Å². The number of piperidine rings is 2. The second kappa shape index (κ2) is 4.37. The molecule has 3 saturated heterocycles. The predicted molar refractivity (Wildman–Crippen MR) is 68.2 cm³/mol. The highest BCUT2D eigenvalue weighted by Crippen LogP contribution is 2.34. The number of carboxylic acid groups (broad SMARTS) is 1. The minimum atomic E-state index is -0.704. The zero-order valence-corrected chi connectivity index (χ0v) is 10.3. The minimum Gasteiger partial charge on any atom is -0.480 e. The second-order valence-corrected chi connectivity index (χ2v) is 5.32. The van der Waals surface area contributed by atoms with E-state index in [4.69, 9.17) is 0 Å². The van der Waals surface area contributed by atoms with Crippen molar-refractivity contribution in [2.45, 2.75) is 31.0 Å². The average molecular weight is 246 g/mol. The van der Waals surface area contributed by atoms with Gasteiger partial charge in [0.15, 0.2) is 0 Å². The van der Waals surface area contributed by atoms with Crippen molar-refractivity contribution in [3.05, 3.63) is 35.9 Å². The van der Waals surface area contributed by atoms with Crippen molar-refractivity contribution in [3.8, 4) is 0 Å². The topological polar surface area (TPSA) is 52.6 Å². The number of rotatable bonds is 3. The maximum absolute atomic E-state index is 11.7. The van der Waals surface area contributed by atoms with Gasteiger partial charge in [-0.05, 0) is 18.4 Å². The third-order valence-corrected chi connectivity index (χ3v) is 4.25. The lowest BCUT2D eigenvalue weighted by molar-refractivity contribution is -0.159. The number of carbonyl (C=O) groups is 1. The van der Waals surface area contributed by atoms with E-state index in [2.05, 4.69) is 22.3 Å². The van der Waals surface area contributed by atoms with Gasteiger partial charge < -0.3 is 10.4 Å². The van der Waals surface area contributed by atoms with Gasteiger partial charge in [0.2, 0.25) is 0 Å². The molecule has 4 heteroatoms. The molecule has 4 rings (SSSR count). The van der Waals surface area contributed by atoms with E-state index in [9.17, 15) is 9.90 Å². The SMILES string of the molecule is O=C(O)C12CCC(CN1Cc1ccccc1)NC2. The number of piperazine rings is 1. The average Bonchev–Trinajstić information content (AvgIpc) is 2.41. The molecule has 3 fully saturated rings. The summed E-state index contributed by atoms with van der Waals surface area (Å²) in [6, 6.07) is 10.6. The third kappa shape index (κ3) is 1.82. The molecule has 2 bridgehead atoms. The van der Waals surface area contributed by atoms with E-state index in [1.165, 1.54) is 5.56 Å². The number of carboxylic acids is 1. The van der Waals surface area contributed by atoms with Gasteiger partial charge in [0.05, 0.1) is 0 Å². The molecule has 18 heavy (non-hydrogen) atoms. The first-order valence-electron chi connectivity index (χ1n) is 6.46. The maximum atomic E-state index is 11.7. The molecule has 2 N–H and O–H groups in total. The standard InChI is InChI=1S/C14H18N2O2/c17-13(18)14-7-6-12(15-10-14)9-16(14)8-11-4-2-1-3-5-11/h1-5,12,15H,6-10H2,(H,17,18). The number of aliphatic carboxylic acids is 1. The van der Waals surface area contributed by atoms with Gasteiger partial charge in [-0.3, -0.25) is 9.69 Å². The molecular formula is C14H18N2O2. The fraction of sp³-hybridized carbons (Fsp3) is 0.500. The van der Waals surface area contributed by atoms with Crippen molar-refractivity contribution < 1.29 is 9.90 Å². The van der Waals surface area contributed by atoms with Gasteiger partial charge in [-0.1, -0.05) is 30.3 Å². The molecule has 0 aromatic heterocycles. The molecule has 1 aromatic carbocycles. The van der Waals surface area contributed by atoms with Gasteiger partial charge >= 0.3 is 5.97 Å². The van der Waals surface area contributed by atoms with Crippen LogP contribution in [-0.2, 0) is 11.3 Å². The van der Waals surface area contributed by atoms with Crippen molar-refractivity contribution in [1.29, 1.82) is 0 Å². The summed E-state index contributed by atoms with van der Waals surface area (Å²) in [4.78, 5) is 13.8. The zero-order valence-electron chi connectivity index (χ0n) is 10.3. The Hall–Kier alpha value is -1.39. The summed E-state index contributed by atoms with van der Waals surface area (Å²) in [7, 11) is 0. The van der Waals surface area contributed by atoms with Crippen molar-refractivity contribution in [2.75, 3.05) is 13.1 Å². The smallest absolute Gasteiger partial charge is 0.325 e. The first-order valence-corrected chi connectivity index (χ1v) is 6.46. The van der Waals surface area contributed by atoms with E-state index in [1.54, 1.807) is 0 Å². The fourth-order valence-corrected chi connectivity index (χ4v) is 3.12. The summed E-state index contributed by atoms with van der Waals surface area (Å²) in [5.74, 6) is -0.691. The van der Waals surface area contributed by atoms with Crippen LogP contribution in [0.4, 0.5) is 0 Å². The molecule has 2 atom stereocenters. The van der Waals surface area contributed by atoms with Crippen LogP contribution < -0.4 is 5.32 Å². The van der Waals surface area contributed by atoms with Crippen LogP contribution in [0.2, 0.25) is 0 Å². The Morgan fingerprint density at radius 1 is 1.44 bits per heavy atom. The predicted octanol–water partition coefficient (Wildman–Crippen LogP) is 1.08. The molecule has 3 aliphatic rings. The van der Waals surface area contributed by atoms with Crippen molar-refractivity contribution in [1.82, 2.24) is 10.2 Å². The van der Waals surface area contributed by atoms with Crippen LogP contribution >= 0.6 is 0 Å². The molecule has 1 aromatic rings. The number of nitrogens with one attached hydrogen (secondary N) is 1. The number of benzene rings is 1. The van der Waals surface area contributed by atoms with E-state index < -0.39 is 11.5 Å². The molecule has 0 amide bonds. The van der Waals surface area contributed by atoms with Gasteiger partial charge in [-0.2, -0.15) is 0 Å². The Labute approximate surface area is 107 Å². The van der Waals surface area contributed by atoms with Crippen LogP contribution in [0, 0.1) is 0 Å². The Kier molecular flexibility index (Phi) is 2.84. The monoisotopic (exact) mass is 246 g/mol. The molecular weight excluding hydrogens is 228 g/mol. The highest BCUT2D eigenvalue weighted by molar-refractivity contribution is 5.79. The summed E-state index contributed by atoms with van der Waals surface area (Å²) in [6.45, 7) is 2.13. The summed E-state index contributed by atoms with van der Waals surface area (Å²) < 4.78 is 0. The van der Waals surface area contributed by atoms with Crippen LogP contribution in [0.15, 0.2) is 30.3 Å². The molecule has 2 unspecified atom stereocenters. The van der Waals surface area contributed by atoms with E-state index in [0.717, 1.165) is 25.9 Å². The Morgan fingerprint density at radius 2 is 2.22 bits per heavy atom. The first kappa shape index (κ1) is 11.7. The molecule has 0 saturated carbocycles. The highest BCUT2D eigenvalue weighted by atomic mass is 16.4. The molecule has 3 heterocycles. The van der Waals surface area contributed by atoms with Crippen molar-refractivity contribution >= 4 is 5.97 Å². The van der Waals surface area contributed by atoms with Gasteiger partial charge in [0, 0.05) is 25.7 Å². The number of hydrogen-bond acceptors (Lipinski definition) is 3. The van der Waals surface area contributed by atoms with E-state index in [0.29, 0.717) is 12.6 Å². The Balaban J connectivity index is 1.84. The van der Waals surface area contributed by atoms with Gasteiger partial charge in [-0.15, -0.1) is 0 Å². The molecule has 0 spiro atoms. The molecule has 3 aliphatic heterocycles. The van der Waals surface area contributed by atoms with Crippen molar-refractivity contribution in [2.24, 2.45) is 0 Å². The van der Waals surface area contributed by atoms with Crippen molar-refractivity contribution in [3.63, 3.8) is 0 Å². The normalized spacial score (nSPS) is 31.4. The minimum absolute atomic E-state index is 0.454. The Bertz CT molecular complexity index is 438. The van der Waals surface area contributed by atoms with Crippen LogP contribution in [0.1, 0.15) is 18.4 Å². The zero-order chi connectivity index (χ0) is 12.6. The molecule has 96 valence electrons. The summed E-state index contributed by atoms with van der Waals surface area (Å²) in [5.41, 5.74) is 0.482. The van der Waals surface area contributed by atoms with Gasteiger partial charge in [-0.25, -0.2) is 0 Å². The number of nitrogens with zero attached hydrogens (tertiary/aromatic N) is 1. The fourth-order valence-electron chi connectivity index (χ4n) is 3.12. The van der Waals surface area contributed by atoms with Crippen LogP contribution in [-0.4, -0.2) is 40.6 Å². The molecule has 0 radical (unpaired) electrons. The summed E-state index contributed by atoms with van der Waals surface area (Å²) in [6.07, 6.45) is 1.73. The highest BCUT2D eigenvalue weighted by Gasteiger charge is 2.51. The van der Waals surface area contributed by atoms with E-state index in [-0.39, 0.29) is 0 Å². The quantitative estimate of drug-likeness (QED) is 0.838. The molecule has 4 nitrogen and oxygen atoms in total. The molecule has 0 aliphatic carbocycles. The summed E-state index contributed by atoms with van der Waals surface area (Å²) >= 11 is 0. The largest absolute Gasteiger partial charge is 0.480 e. The second-order valence-electron chi connectivity index (χ2n) is 5.32. The van der Waals surface area contributed by atoms with Gasteiger partial charge in [0.1, 0.15) is 5.54 Å². The lowest BCUT2D eigenvalue weighted by Crippen LogP contribution is -2.71. The number of fused-ring (bicyclic) bond motifs is 3. The first-order chi connectivity index (χ1) is 8.71. The van der Waals surface area contributed by atoms with Crippen LogP contribution in [0.25, 0.3) is 0 Å². The lowest BCUT2D eigenvalue weighted by Gasteiger charge is -2.52.